The first-order valence-corrected chi connectivity index (χ1v) is 6.01. The summed E-state index contributed by atoms with van der Waals surface area (Å²) in [5.41, 5.74) is 2.28. The van der Waals surface area contributed by atoms with Crippen molar-refractivity contribution < 1.29 is 0 Å². The standard InChI is InChI=1S/C12H10N2S/c1-15-12-6-9-8-4-2-3-5-10(8)14-11(9)7-13-12/h2-7,14H,1H3. The van der Waals surface area contributed by atoms with Gasteiger partial charge in [0, 0.05) is 16.3 Å². The highest BCUT2D eigenvalue weighted by molar-refractivity contribution is 7.98. The van der Waals surface area contributed by atoms with Crippen LogP contribution >= 0.6 is 11.8 Å². The molecule has 3 heteroatoms. The molecule has 0 aliphatic carbocycles. The van der Waals surface area contributed by atoms with Crippen molar-refractivity contribution in [2.75, 3.05) is 6.26 Å². The van der Waals surface area contributed by atoms with E-state index < -0.39 is 0 Å². The van der Waals surface area contributed by atoms with E-state index in [1.807, 2.05) is 18.5 Å². The molecule has 0 saturated heterocycles. The van der Waals surface area contributed by atoms with Crippen LogP contribution < -0.4 is 0 Å². The van der Waals surface area contributed by atoms with Gasteiger partial charge in [-0.3, -0.25) is 0 Å². The first kappa shape index (κ1) is 8.80. The fourth-order valence-electron chi connectivity index (χ4n) is 1.84. The predicted molar refractivity (Wildman–Crippen MR) is 65.4 cm³/mol. The van der Waals surface area contributed by atoms with Gasteiger partial charge in [-0.15, -0.1) is 11.8 Å². The second kappa shape index (κ2) is 3.28. The van der Waals surface area contributed by atoms with Crippen LogP contribution in [0.3, 0.4) is 0 Å². The van der Waals surface area contributed by atoms with E-state index in [0.29, 0.717) is 0 Å². The van der Waals surface area contributed by atoms with Crippen LogP contribution in [0.15, 0.2) is 41.6 Å². The summed E-state index contributed by atoms with van der Waals surface area (Å²) in [5.74, 6) is 0. The maximum atomic E-state index is 4.35. The number of rotatable bonds is 1. The number of hydrogen-bond donors (Lipinski definition) is 1. The number of nitrogens with zero attached hydrogens (tertiary/aromatic N) is 1. The van der Waals surface area contributed by atoms with Crippen molar-refractivity contribution in [1.29, 1.82) is 0 Å². The van der Waals surface area contributed by atoms with Gasteiger partial charge < -0.3 is 4.98 Å². The van der Waals surface area contributed by atoms with Crippen molar-refractivity contribution in [3.8, 4) is 0 Å². The topological polar surface area (TPSA) is 28.7 Å². The highest BCUT2D eigenvalue weighted by Crippen LogP contribution is 2.26. The fraction of sp³-hybridized carbons (Fsp3) is 0.0833. The lowest BCUT2D eigenvalue weighted by Crippen LogP contribution is -1.77. The summed E-state index contributed by atoms with van der Waals surface area (Å²) >= 11 is 1.67. The van der Waals surface area contributed by atoms with Crippen LogP contribution in [-0.4, -0.2) is 16.2 Å². The van der Waals surface area contributed by atoms with Gasteiger partial charge in [0.25, 0.3) is 0 Å². The molecule has 0 bridgehead atoms. The number of H-pyrrole nitrogens is 1. The lowest BCUT2D eigenvalue weighted by molar-refractivity contribution is 1.16. The minimum absolute atomic E-state index is 1.06. The van der Waals surface area contributed by atoms with E-state index >= 15 is 0 Å². The first-order chi connectivity index (χ1) is 7.38. The van der Waals surface area contributed by atoms with E-state index in [0.717, 1.165) is 10.5 Å². The molecule has 74 valence electrons. The van der Waals surface area contributed by atoms with Gasteiger partial charge >= 0.3 is 0 Å². The third-order valence-corrected chi connectivity index (χ3v) is 3.22. The average Bonchev–Trinajstić information content (AvgIpc) is 2.66. The molecule has 0 saturated carbocycles. The van der Waals surface area contributed by atoms with Crippen LogP contribution in [0.1, 0.15) is 0 Å². The molecule has 3 rings (SSSR count). The first-order valence-electron chi connectivity index (χ1n) is 4.79. The summed E-state index contributed by atoms with van der Waals surface area (Å²) in [6, 6.07) is 10.5. The van der Waals surface area contributed by atoms with Crippen LogP contribution in [0.4, 0.5) is 0 Å². The molecule has 0 amide bonds. The molecule has 3 aromatic rings. The Morgan fingerprint density at radius 1 is 1.13 bits per heavy atom. The molecule has 0 spiro atoms. The van der Waals surface area contributed by atoms with Crippen molar-refractivity contribution in [3.05, 3.63) is 36.5 Å². The van der Waals surface area contributed by atoms with E-state index in [2.05, 4.69) is 34.2 Å². The maximum absolute atomic E-state index is 4.35. The largest absolute Gasteiger partial charge is 0.353 e. The summed E-state index contributed by atoms with van der Waals surface area (Å²) in [7, 11) is 0. The van der Waals surface area contributed by atoms with Crippen molar-refractivity contribution in [2.45, 2.75) is 5.03 Å². The molecule has 2 nitrogen and oxygen atoms in total. The average molecular weight is 214 g/mol. The Bertz CT molecular complexity index is 628. The molecule has 15 heavy (non-hydrogen) atoms. The van der Waals surface area contributed by atoms with Crippen LogP contribution in [0.5, 0.6) is 0 Å². The van der Waals surface area contributed by atoms with Gasteiger partial charge in [-0.1, -0.05) is 18.2 Å². The molecular formula is C12H10N2S. The van der Waals surface area contributed by atoms with Crippen molar-refractivity contribution in [1.82, 2.24) is 9.97 Å². The zero-order valence-electron chi connectivity index (χ0n) is 8.32. The Labute approximate surface area is 91.7 Å². The van der Waals surface area contributed by atoms with Crippen LogP contribution in [0, 0.1) is 0 Å². The Morgan fingerprint density at radius 2 is 2.00 bits per heavy atom. The summed E-state index contributed by atoms with van der Waals surface area (Å²) in [6.45, 7) is 0. The predicted octanol–water partition coefficient (Wildman–Crippen LogP) is 3.44. The summed E-state index contributed by atoms with van der Waals surface area (Å²) in [5, 5.41) is 3.59. The maximum Gasteiger partial charge on any atom is 0.0965 e. The lowest BCUT2D eigenvalue weighted by Gasteiger charge is -1.94. The summed E-state index contributed by atoms with van der Waals surface area (Å²) in [6.07, 6.45) is 3.95. The van der Waals surface area contributed by atoms with E-state index in [1.165, 1.54) is 16.3 Å². The molecule has 2 heterocycles. The normalized spacial score (nSPS) is 11.3. The Balaban J connectivity index is 2.46. The van der Waals surface area contributed by atoms with Crippen molar-refractivity contribution in [3.63, 3.8) is 0 Å². The highest BCUT2D eigenvalue weighted by atomic mass is 32.2. The van der Waals surface area contributed by atoms with Gasteiger partial charge in [0.1, 0.15) is 0 Å². The van der Waals surface area contributed by atoms with Gasteiger partial charge in [0.05, 0.1) is 16.7 Å². The third kappa shape index (κ3) is 1.31. The molecular weight excluding hydrogens is 204 g/mol. The van der Waals surface area contributed by atoms with Crippen LogP contribution in [-0.2, 0) is 0 Å². The zero-order chi connectivity index (χ0) is 10.3. The number of nitrogens with one attached hydrogen (secondary N) is 1. The Kier molecular flexibility index (Phi) is 1.92. The van der Waals surface area contributed by atoms with Gasteiger partial charge in [-0.05, 0) is 18.4 Å². The molecule has 1 aromatic carbocycles. The molecule has 0 atom stereocenters. The lowest BCUT2D eigenvalue weighted by atomic mass is 10.2. The minimum Gasteiger partial charge on any atom is -0.353 e. The number of aromatic amines is 1. The van der Waals surface area contributed by atoms with E-state index in [1.54, 1.807) is 11.8 Å². The van der Waals surface area contributed by atoms with E-state index in [-0.39, 0.29) is 0 Å². The Hall–Kier alpha value is -1.48. The van der Waals surface area contributed by atoms with E-state index in [4.69, 9.17) is 0 Å². The number of pyridine rings is 1. The number of aromatic nitrogens is 2. The highest BCUT2D eigenvalue weighted by Gasteiger charge is 2.04. The number of fused-ring (bicyclic) bond motifs is 3. The van der Waals surface area contributed by atoms with Crippen molar-refractivity contribution >= 4 is 33.6 Å². The third-order valence-electron chi connectivity index (χ3n) is 2.57. The fourth-order valence-corrected chi connectivity index (χ4v) is 2.24. The quantitative estimate of drug-likeness (QED) is 0.629. The van der Waals surface area contributed by atoms with Gasteiger partial charge in [-0.25, -0.2) is 4.98 Å². The molecule has 0 aliphatic rings. The smallest absolute Gasteiger partial charge is 0.0965 e. The van der Waals surface area contributed by atoms with Crippen LogP contribution in [0.2, 0.25) is 0 Å². The number of hydrogen-bond acceptors (Lipinski definition) is 2. The number of benzene rings is 1. The van der Waals surface area contributed by atoms with E-state index in [9.17, 15) is 0 Å². The monoisotopic (exact) mass is 214 g/mol. The second-order valence-corrected chi connectivity index (χ2v) is 4.27. The summed E-state index contributed by atoms with van der Waals surface area (Å²) in [4.78, 5) is 7.71. The van der Waals surface area contributed by atoms with Crippen LogP contribution in [0.25, 0.3) is 21.8 Å². The zero-order valence-corrected chi connectivity index (χ0v) is 9.14. The molecule has 0 unspecified atom stereocenters. The molecule has 1 N–H and O–H groups in total. The molecule has 2 aromatic heterocycles. The second-order valence-electron chi connectivity index (χ2n) is 3.44. The number of para-hydroxylation sites is 1. The SMILES string of the molecule is CSc1cc2c(cn1)[nH]c1ccccc12. The number of thioether (sulfide) groups is 1. The molecule has 0 aliphatic heterocycles. The summed E-state index contributed by atoms with van der Waals surface area (Å²) < 4.78 is 0. The van der Waals surface area contributed by atoms with Gasteiger partial charge in [0.15, 0.2) is 0 Å². The van der Waals surface area contributed by atoms with Crippen molar-refractivity contribution in [2.24, 2.45) is 0 Å². The molecule has 0 radical (unpaired) electrons. The van der Waals surface area contributed by atoms with Gasteiger partial charge in [0.2, 0.25) is 0 Å². The minimum atomic E-state index is 1.06. The van der Waals surface area contributed by atoms with Gasteiger partial charge in [-0.2, -0.15) is 0 Å². The Morgan fingerprint density at radius 3 is 2.87 bits per heavy atom. The molecule has 0 fully saturated rings.